The Morgan fingerprint density at radius 2 is 1.61 bits per heavy atom. The van der Waals surface area contributed by atoms with Crippen LogP contribution in [-0.2, 0) is 6.42 Å². The summed E-state index contributed by atoms with van der Waals surface area (Å²) in [5.74, 6) is 0.868. The molecule has 2 saturated carbocycles. The number of hydrogen-bond acceptors (Lipinski definition) is 2. The Hall–Kier alpha value is -2.24. The molecule has 36 heavy (non-hydrogen) atoms. The van der Waals surface area contributed by atoms with Gasteiger partial charge >= 0.3 is 0 Å². The average Bonchev–Trinajstić information content (AvgIpc) is 2.90. The fourth-order valence-electron chi connectivity index (χ4n) is 5.21. The summed E-state index contributed by atoms with van der Waals surface area (Å²) in [7, 11) is 2.18. The molecule has 0 heterocycles. The fourth-order valence-corrected chi connectivity index (χ4v) is 5.71. The lowest BCUT2D eigenvalue weighted by Crippen LogP contribution is -2.42. The number of amides is 1. The zero-order valence-corrected chi connectivity index (χ0v) is 22.8. The minimum absolute atomic E-state index is 0.0953. The van der Waals surface area contributed by atoms with Gasteiger partial charge in [-0.15, -0.1) is 0 Å². The van der Waals surface area contributed by atoms with E-state index in [0.717, 1.165) is 17.2 Å². The smallest absolute Gasteiger partial charge is 0.251 e. The minimum Gasteiger partial charge on any atom is -0.352 e. The van der Waals surface area contributed by atoms with Gasteiger partial charge in [-0.25, -0.2) is 4.99 Å². The molecule has 2 N–H and O–H groups in total. The molecule has 2 aromatic carbocycles. The van der Waals surface area contributed by atoms with Crippen molar-refractivity contribution in [2.45, 2.75) is 82.7 Å². The van der Waals surface area contributed by atoms with Gasteiger partial charge in [0.2, 0.25) is 0 Å². The normalized spacial score (nSPS) is 17.6. The number of anilines is 1. The maximum Gasteiger partial charge on any atom is 0.251 e. The molecule has 4 rings (SSSR count). The van der Waals surface area contributed by atoms with Gasteiger partial charge < -0.3 is 15.5 Å². The lowest BCUT2D eigenvalue weighted by atomic mass is 9.94. The lowest BCUT2D eigenvalue weighted by molar-refractivity contribution is 0.0954. The number of hydrogen-bond donors (Lipinski definition) is 2. The van der Waals surface area contributed by atoms with E-state index in [0.29, 0.717) is 40.7 Å². The first-order valence-corrected chi connectivity index (χ1v) is 14.1. The van der Waals surface area contributed by atoms with E-state index in [9.17, 15) is 4.79 Å². The van der Waals surface area contributed by atoms with Gasteiger partial charge in [0.05, 0.1) is 6.04 Å². The van der Waals surface area contributed by atoms with Crippen LogP contribution >= 0.6 is 23.2 Å². The summed E-state index contributed by atoms with van der Waals surface area (Å²) in [5.41, 5.74) is 2.55. The SMILES string of the molecule is CN(C(=NC1CCCCC1)Nc1ccc(C(=O)NCCc2ccc(Cl)cc2Cl)cc1)C1CCCCC1. The molecule has 0 bridgehead atoms. The summed E-state index contributed by atoms with van der Waals surface area (Å²) in [6.07, 6.45) is 13.2. The van der Waals surface area contributed by atoms with Gasteiger partial charge in [-0.05, 0) is 74.1 Å². The van der Waals surface area contributed by atoms with Gasteiger partial charge in [-0.1, -0.05) is 67.8 Å². The minimum atomic E-state index is -0.0953. The second-order valence-electron chi connectivity index (χ2n) is 10.1. The van der Waals surface area contributed by atoms with Crippen molar-refractivity contribution in [3.05, 3.63) is 63.6 Å². The Balaban J connectivity index is 1.37. The number of carbonyl (C=O) groups is 1. The third-order valence-electron chi connectivity index (χ3n) is 7.43. The van der Waals surface area contributed by atoms with Gasteiger partial charge in [0.15, 0.2) is 5.96 Å². The molecule has 0 atom stereocenters. The Labute approximate surface area is 225 Å². The van der Waals surface area contributed by atoms with Crippen LogP contribution in [0.25, 0.3) is 0 Å². The maximum atomic E-state index is 12.7. The Morgan fingerprint density at radius 3 is 2.28 bits per heavy atom. The molecule has 2 fully saturated rings. The standard InChI is InChI=1S/C29H38Cl2N4O/c1-35(26-10-6-3-7-11-26)29(33-24-8-4-2-5-9-24)34-25-16-13-22(14-17-25)28(36)32-19-18-21-12-15-23(30)20-27(21)31/h12-17,20,24,26H,2-11,18-19H2,1H3,(H,32,36)(H,33,34). The molecule has 0 radical (unpaired) electrons. The van der Waals surface area contributed by atoms with E-state index < -0.39 is 0 Å². The van der Waals surface area contributed by atoms with Crippen LogP contribution in [0.3, 0.4) is 0 Å². The molecule has 5 nitrogen and oxygen atoms in total. The van der Waals surface area contributed by atoms with E-state index in [2.05, 4.69) is 22.6 Å². The number of carbonyl (C=O) groups excluding carboxylic acids is 1. The van der Waals surface area contributed by atoms with Crippen LogP contribution < -0.4 is 10.6 Å². The molecular formula is C29H38Cl2N4O. The van der Waals surface area contributed by atoms with Crippen LogP contribution in [-0.4, -0.2) is 42.4 Å². The van der Waals surface area contributed by atoms with E-state index in [1.807, 2.05) is 36.4 Å². The number of nitrogens with one attached hydrogen (secondary N) is 2. The summed E-state index contributed by atoms with van der Waals surface area (Å²) in [4.78, 5) is 20.2. The number of halogens is 2. The second-order valence-corrected chi connectivity index (χ2v) is 10.9. The molecule has 7 heteroatoms. The van der Waals surface area contributed by atoms with E-state index >= 15 is 0 Å². The molecule has 0 saturated heterocycles. The third kappa shape index (κ3) is 7.63. The topological polar surface area (TPSA) is 56.7 Å². The molecule has 0 aliphatic heterocycles. The van der Waals surface area contributed by atoms with E-state index in [1.165, 1.54) is 64.2 Å². The molecule has 0 unspecified atom stereocenters. The highest BCUT2D eigenvalue weighted by Gasteiger charge is 2.23. The number of rotatable bonds is 7. The summed E-state index contributed by atoms with van der Waals surface area (Å²) in [6, 6.07) is 14.0. The van der Waals surface area contributed by atoms with Gasteiger partial charge in [-0.2, -0.15) is 0 Å². The predicted molar refractivity (Wildman–Crippen MR) is 152 cm³/mol. The van der Waals surface area contributed by atoms with Crippen LogP contribution in [0, 0.1) is 0 Å². The number of nitrogens with zero attached hydrogens (tertiary/aromatic N) is 2. The van der Waals surface area contributed by atoms with Crippen LogP contribution in [0.2, 0.25) is 10.0 Å². The highest BCUT2D eigenvalue weighted by Crippen LogP contribution is 2.25. The molecule has 2 aromatic rings. The van der Waals surface area contributed by atoms with E-state index in [-0.39, 0.29) is 5.91 Å². The lowest BCUT2D eigenvalue weighted by Gasteiger charge is -2.34. The Kier molecular flexibility index (Phi) is 9.94. The number of aliphatic imine (C=N–C) groups is 1. The highest BCUT2D eigenvalue weighted by molar-refractivity contribution is 6.35. The third-order valence-corrected chi connectivity index (χ3v) is 8.02. The second kappa shape index (κ2) is 13.3. The predicted octanol–water partition coefficient (Wildman–Crippen LogP) is 7.33. The van der Waals surface area contributed by atoms with Crippen molar-refractivity contribution >= 4 is 40.8 Å². The first-order chi connectivity index (χ1) is 17.5. The number of benzene rings is 2. The van der Waals surface area contributed by atoms with Crippen molar-refractivity contribution in [2.24, 2.45) is 4.99 Å². The summed E-state index contributed by atoms with van der Waals surface area (Å²) >= 11 is 12.2. The monoisotopic (exact) mass is 528 g/mol. The summed E-state index contributed by atoms with van der Waals surface area (Å²) in [6.45, 7) is 0.505. The van der Waals surface area contributed by atoms with Gasteiger partial charge in [-0.3, -0.25) is 4.79 Å². The van der Waals surface area contributed by atoms with E-state index in [1.54, 1.807) is 6.07 Å². The molecular weight excluding hydrogens is 491 g/mol. The van der Waals surface area contributed by atoms with Crippen molar-refractivity contribution in [2.75, 3.05) is 18.9 Å². The molecule has 0 spiro atoms. The molecule has 2 aliphatic rings. The van der Waals surface area contributed by atoms with Crippen molar-refractivity contribution in [3.63, 3.8) is 0 Å². The first-order valence-electron chi connectivity index (χ1n) is 13.4. The number of guanidine groups is 1. The largest absolute Gasteiger partial charge is 0.352 e. The van der Waals surface area contributed by atoms with Crippen molar-refractivity contribution in [1.29, 1.82) is 0 Å². The van der Waals surface area contributed by atoms with Gasteiger partial charge in [0, 0.05) is 40.9 Å². The van der Waals surface area contributed by atoms with Crippen LogP contribution in [0.5, 0.6) is 0 Å². The van der Waals surface area contributed by atoms with Crippen molar-refractivity contribution < 1.29 is 4.79 Å². The first kappa shape index (κ1) is 26.8. The molecule has 1 amide bonds. The van der Waals surface area contributed by atoms with Crippen molar-refractivity contribution in [1.82, 2.24) is 10.2 Å². The quantitative estimate of drug-likeness (QED) is 0.292. The van der Waals surface area contributed by atoms with Crippen LogP contribution in [0.15, 0.2) is 47.5 Å². The summed E-state index contributed by atoms with van der Waals surface area (Å²) < 4.78 is 0. The zero-order chi connectivity index (χ0) is 25.3. The van der Waals surface area contributed by atoms with Crippen LogP contribution in [0.4, 0.5) is 5.69 Å². The maximum absolute atomic E-state index is 12.7. The van der Waals surface area contributed by atoms with E-state index in [4.69, 9.17) is 28.2 Å². The van der Waals surface area contributed by atoms with Gasteiger partial charge in [0.25, 0.3) is 5.91 Å². The highest BCUT2D eigenvalue weighted by atomic mass is 35.5. The fraction of sp³-hybridized carbons (Fsp3) is 0.517. The average molecular weight is 530 g/mol. The van der Waals surface area contributed by atoms with Crippen molar-refractivity contribution in [3.8, 4) is 0 Å². The van der Waals surface area contributed by atoms with Crippen LogP contribution in [0.1, 0.15) is 80.1 Å². The molecule has 194 valence electrons. The zero-order valence-electron chi connectivity index (χ0n) is 21.2. The molecule has 2 aliphatic carbocycles. The Bertz CT molecular complexity index is 1030. The molecule has 0 aromatic heterocycles. The van der Waals surface area contributed by atoms with Gasteiger partial charge in [0.1, 0.15) is 0 Å². The summed E-state index contributed by atoms with van der Waals surface area (Å²) in [5, 5.41) is 7.80. The Morgan fingerprint density at radius 1 is 0.944 bits per heavy atom.